The largest absolute Gasteiger partial charge is 0.488 e. The standard InChI is InChI=1S/C20H15ClN2O2/c21-17-4-7-19-16(12-17)11-15(13-25-19)3-8-20(24)23-18-5-1-14(2-6-18)9-10-22/h1-8,11-12H,9,13H2,(H,23,24)/b8-3+. The van der Waals surface area contributed by atoms with Crippen molar-refractivity contribution in [2.45, 2.75) is 6.42 Å². The molecular weight excluding hydrogens is 336 g/mol. The number of nitrogens with zero attached hydrogens (tertiary/aromatic N) is 1. The number of fused-ring (bicyclic) bond motifs is 1. The molecule has 1 amide bonds. The predicted octanol–water partition coefficient (Wildman–Crippen LogP) is 4.38. The van der Waals surface area contributed by atoms with E-state index < -0.39 is 0 Å². The Bertz CT molecular complexity index is 893. The smallest absolute Gasteiger partial charge is 0.248 e. The van der Waals surface area contributed by atoms with Gasteiger partial charge in [0, 0.05) is 22.3 Å². The normalized spacial score (nSPS) is 12.7. The quantitative estimate of drug-likeness (QED) is 0.832. The molecule has 0 bridgehead atoms. The van der Waals surface area contributed by atoms with Gasteiger partial charge < -0.3 is 10.1 Å². The number of hydrogen-bond acceptors (Lipinski definition) is 3. The summed E-state index contributed by atoms with van der Waals surface area (Å²) in [4.78, 5) is 12.0. The summed E-state index contributed by atoms with van der Waals surface area (Å²) in [7, 11) is 0. The van der Waals surface area contributed by atoms with Crippen molar-refractivity contribution < 1.29 is 9.53 Å². The van der Waals surface area contributed by atoms with E-state index in [9.17, 15) is 4.79 Å². The van der Waals surface area contributed by atoms with Gasteiger partial charge in [0.25, 0.3) is 0 Å². The Morgan fingerprint density at radius 1 is 1.28 bits per heavy atom. The average Bonchev–Trinajstić information content (AvgIpc) is 2.61. The van der Waals surface area contributed by atoms with Crippen molar-refractivity contribution >= 4 is 29.3 Å². The van der Waals surface area contributed by atoms with Gasteiger partial charge in [0.15, 0.2) is 0 Å². The molecule has 2 aromatic carbocycles. The van der Waals surface area contributed by atoms with Gasteiger partial charge in [0.1, 0.15) is 12.4 Å². The van der Waals surface area contributed by atoms with Crippen molar-refractivity contribution in [1.29, 1.82) is 5.26 Å². The maximum Gasteiger partial charge on any atom is 0.248 e. The van der Waals surface area contributed by atoms with Crippen LogP contribution >= 0.6 is 11.6 Å². The van der Waals surface area contributed by atoms with Crippen LogP contribution in [0.4, 0.5) is 5.69 Å². The van der Waals surface area contributed by atoms with E-state index in [1.807, 2.05) is 30.3 Å². The zero-order valence-electron chi connectivity index (χ0n) is 13.3. The molecular formula is C20H15ClN2O2. The van der Waals surface area contributed by atoms with E-state index in [1.165, 1.54) is 6.08 Å². The minimum absolute atomic E-state index is 0.231. The molecule has 0 saturated heterocycles. The molecule has 1 N–H and O–H groups in total. The lowest BCUT2D eigenvalue weighted by molar-refractivity contribution is -0.111. The van der Waals surface area contributed by atoms with Gasteiger partial charge in [-0.05, 0) is 47.5 Å². The molecule has 2 aromatic rings. The molecule has 0 aliphatic carbocycles. The highest BCUT2D eigenvalue weighted by molar-refractivity contribution is 6.30. The van der Waals surface area contributed by atoms with E-state index in [-0.39, 0.29) is 5.91 Å². The summed E-state index contributed by atoms with van der Waals surface area (Å²) in [5.74, 6) is 0.550. The van der Waals surface area contributed by atoms with Crippen LogP contribution in [-0.4, -0.2) is 12.5 Å². The summed E-state index contributed by atoms with van der Waals surface area (Å²) in [6.07, 6.45) is 5.50. The van der Waals surface area contributed by atoms with Gasteiger partial charge in [-0.2, -0.15) is 5.26 Å². The summed E-state index contributed by atoms with van der Waals surface area (Å²) in [6.45, 7) is 0.404. The maximum atomic E-state index is 12.0. The molecule has 124 valence electrons. The predicted molar refractivity (Wildman–Crippen MR) is 98.5 cm³/mol. The highest BCUT2D eigenvalue weighted by atomic mass is 35.5. The van der Waals surface area contributed by atoms with Crippen LogP contribution < -0.4 is 10.1 Å². The van der Waals surface area contributed by atoms with Crippen LogP contribution in [0.1, 0.15) is 11.1 Å². The molecule has 1 aliphatic heterocycles. The summed E-state index contributed by atoms with van der Waals surface area (Å²) in [5, 5.41) is 12.1. The number of carbonyl (C=O) groups excluding carboxylic acids is 1. The SMILES string of the molecule is N#CCc1ccc(NC(=O)/C=C/C2=Cc3cc(Cl)ccc3OC2)cc1. The lowest BCUT2D eigenvalue weighted by atomic mass is 10.1. The van der Waals surface area contributed by atoms with E-state index in [1.54, 1.807) is 24.3 Å². The summed E-state index contributed by atoms with van der Waals surface area (Å²) in [6, 6.07) is 14.7. The Morgan fingerprint density at radius 2 is 2.08 bits per heavy atom. The van der Waals surface area contributed by atoms with Gasteiger partial charge in [-0.1, -0.05) is 29.8 Å². The molecule has 0 saturated carbocycles. The van der Waals surface area contributed by atoms with Crippen molar-refractivity contribution in [2.24, 2.45) is 0 Å². The first-order chi connectivity index (χ1) is 12.1. The third kappa shape index (κ3) is 4.50. The molecule has 5 heteroatoms. The van der Waals surface area contributed by atoms with E-state index in [0.29, 0.717) is 23.7 Å². The van der Waals surface area contributed by atoms with E-state index in [4.69, 9.17) is 21.6 Å². The fourth-order valence-corrected chi connectivity index (χ4v) is 2.61. The van der Waals surface area contributed by atoms with Gasteiger partial charge in [-0.25, -0.2) is 0 Å². The lowest BCUT2D eigenvalue weighted by Gasteiger charge is -2.16. The minimum atomic E-state index is -0.231. The number of benzene rings is 2. The number of amides is 1. The summed E-state index contributed by atoms with van der Waals surface area (Å²) >= 11 is 5.99. The summed E-state index contributed by atoms with van der Waals surface area (Å²) in [5.41, 5.74) is 3.38. The molecule has 1 heterocycles. The molecule has 0 fully saturated rings. The first-order valence-corrected chi connectivity index (χ1v) is 8.10. The van der Waals surface area contributed by atoms with Crippen molar-refractivity contribution in [1.82, 2.24) is 0 Å². The molecule has 4 nitrogen and oxygen atoms in total. The second-order valence-electron chi connectivity index (χ2n) is 5.54. The fourth-order valence-electron chi connectivity index (χ4n) is 2.43. The number of nitrogens with one attached hydrogen (secondary N) is 1. The second-order valence-corrected chi connectivity index (χ2v) is 5.98. The number of hydrogen-bond donors (Lipinski definition) is 1. The molecule has 0 aromatic heterocycles. The minimum Gasteiger partial charge on any atom is -0.488 e. The first-order valence-electron chi connectivity index (χ1n) is 7.72. The van der Waals surface area contributed by atoms with Gasteiger partial charge in [-0.15, -0.1) is 0 Å². The Kier molecular flexibility index (Phi) is 5.17. The number of rotatable bonds is 4. The maximum absolute atomic E-state index is 12.0. The highest BCUT2D eigenvalue weighted by Gasteiger charge is 2.10. The van der Waals surface area contributed by atoms with Crippen LogP contribution in [0.25, 0.3) is 6.08 Å². The highest BCUT2D eigenvalue weighted by Crippen LogP contribution is 2.29. The molecule has 1 aliphatic rings. The Hall–Kier alpha value is -3.03. The third-order valence-corrected chi connectivity index (χ3v) is 3.90. The van der Waals surface area contributed by atoms with Crippen molar-refractivity contribution in [3.8, 4) is 11.8 Å². The molecule has 0 spiro atoms. The molecule has 0 radical (unpaired) electrons. The lowest BCUT2D eigenvalue weighted by Crippen LogP contribution is -2.09. The van der Waals surface area contributed by atoms with Crippen molar-refractivity contribution in [2.75, 3.05) is 11.9 Å². The van der Waals surface area contributed by atoms with Gasteiger partial charge in [0.05, 0.1) is 12.5 Å². The number of halogens is 1. The van der Waals surface area contributed by atoms with Gasteiger partial charge in [0.2, 0.25) is 5.91 Å². The van der Waals surface area contributed by atoms with Crippen molar-refractivity contribution in [3.05, 3.63) is 76.3 Å². The van der Waals surface area contributed by atoms with E-state index >= 15 is 0 Å². The molecule has 25 heavy (non-hydrogen) atoms. The van der Waals surface area contributed by atoms with Crippen LogP contribution in [-0.2, 0) is 11.2 Å². The Morgan fingerprint density at radius 3 is 2.84 bits per heavy atom. The van der Waals surface area contributed by atoms with Crippen LogP contribution in [0.5, 0.6) is 5.75 Å². The van der Waals surface area contributed by atoms with Crippen LogP contribution in [0.2, 0.25) is 5.02 Å². The zero-order chi connectivity index (χ0) is 17.6. The van der Waals surface area contributed by atoms with Gasteiger partial charge >= 0.3 is 0 Å². The van der Waals surface area contributed by atoms with Crippen molar-refractivity contribution in [3.63, 3.8) is 0 Å². The number of ether oxygens (including phenoxy) is 1. The van der Waals surface area contributed by atoms with Crippen LogP contribution in [0.15, 0.2) is 60.2 Å². The molecule has 0 unspecified atom stereocenters. The van der Waals surface area contributed by atoms with Crippen LogP contribution in [0.3, 0.4) is 0 Å². The number of carbonyl (C=O) groups is 1. The Balaban J connectivity index is 1.64. The second kappa shape index (κ2) is 7.69. The number of nitriles is 1. The molecule has 3 rings (SSSR count). The Labute approximate surface area is 151 Å². The van der Waals surface area contributed by atoms with E-state index in [2.05, 4.69) is 11.4 Å². The monoisotopic (exact) mass is 350 g/mol. The van der Waals surface area contributed by atoms with Gasteiger partial charge in [-0.3, -0.25) is 4.79 Å². The topological polar surface area (TPSA) is 62.1 Å². The average molecular weight is 351 g/mol. The summed E-state index contributed by atoms with van der Waals surface area (Å²) < 4.78 is 5.64. The zero-order valence-corrected chi connectivity index (χ0v) is 14.1. The van der Waals surface area contributed by atoms with E-state index in [0.717, 1.165) is 22.4 Å². The number of anilines is 1. The molecule has 0 atom stereocenters. The third-order valence-electron chi connectivity index (χ3n) is 3.66. The van der Waals surface area contributed by atoms with Crippen LogP contribution in [0, 0.1) is 11.3 Å². The fraction of sp³-hybridized carbons (Fsp3) is 0.100. The first kappa shape index (κ1) is 16.8.